The molecule has 0 radical (unpaired) electrons. The van der Waals surface area contributed by atoms with Crippen LogP contribution in [0.2, 0.25) is 0 Å². The minimum absolute atomic E-state index is 0.110. The molecular formula is C18H13FN4O. The second-order valence-corrected chi connectivity index (χ2v) is 5.43. The molecule has 0 aliphatic carbocycles. The van der Waals surface area contributed by atoms with Crippen molar-refractivity contribution in [2.75, 3.05) is 0 Å². The predicted molar refractivity (Wildman–Crippen MR) is 88.6 cm³/mol. The van der Waals surface area contributed by atoms with Crippen LogP contribution in [0.25, 0.3) is 16.6 Å². The highest BCUT2D eigenvalue weighted by Crippen LogP contribution is 2.10. The topological polar surface area (TPSA) is 52.7 Å². The first-order valence-corrected chi connectivity index (χ1v) is 7.45. The summed E-state index contributed by atoms with van der Waals surface area (Å²) in [7, 11) is 0. The maximum atomic E-state index is 13.3. The van der Waals surface area contributed by atoms with Crippen LogP contribution in [-0.4, -0.2) is 19.3 Å². The van der Waals surface area contributed by atoms with Crippen molar-refractivity contribution in [2.24, 2.45) is 0 Å². The van der Waals surface area contributed by atoms with E-state index in [9.17, 15) is 9.18 Å². The largest absolute Gasteiger partial charge is 0.293 e. The lowest BCUT2D eigenvalue weighted by atomic mass is 10.2. The smallest absolute Gasteiger partial charge is 0.261 e. The summed E-state index contributed by atoms with van der Waals surface area (Å²) < 4.78 is 16.4. The summed E-state index contributed by atoms with van der Waals surface area (Å²) in [6, 6.07) is 15.2. The first-order chi connectivity index (χ1) is 11.7. The quantitative estimate of drug-likeness (QED) is 0.583. The molecule has 4 rings (SSSR count). The third-order valence-corrected chi connectivity index (χ3v) is 3.78. The molecule has 6 heteroatoms. The maximum absolute atomic E-state index is 13.3. The molecule has 0 saturated carbocycles. The van der Waals surface area contributed by atoms with Crippen molar-refractivity contribution in [1.29, 1.82) is 0 Å². The van der Waals surface area contributed by atoms with E-state index >= 15 is 0 Å². The van der Waals surface area contributed by atoms with Crippen molar-refractivity contribution in [2.45, 2.75) is 6.54 Å². The number of fused-ring (bicyclic) bond motifs is 1. The van der Waals surface area contributed by atoms with Gasteiger partial charge in [0.25, 0.3) is 5.56 Å². The van der Waals surface area contributed by atoms with Gasteiger partial charge in [0, 0.05) is 6.20 Å². The summed E-state index contributed by atoms with van der Waals surface area (Å²) in [6.45, 7) is 0.305. The molecule has 0 saturated heterocycles. The van der Waals surface area contributed by atoms with E-state index in [1.165, 1.54) is 23.0 Å². The van der Waals surface area contributed by atoms with Crippen LogP contribution in [0.5, 0.6) is 0 Å². The normalized spacial score (nSPS) is 11.0. The van der Waals surface area contributed by atoms with Crippen molar-refractivity contribution in [3.05, 3.63) is 89.0 Å². The summed E-state index contributed by atoms with van der Waals surface area (Å²) in [6.07, 6.45) is 3.26. The van der Waals surface area contributed by atoms with Crippen LogP contribution < -0.4 is 5.56 Å². The van der Waals surface area contributed by atoms with Gasteiger partial charge in [0.05, 0.1) is 35.2 Å². The van der Waals surface area contributed by atoms with Gasteiger partial charge >= 0.3 is 0 Å². The Kier molecular flexibility index (Phi) is 3.42. The van der Waals surface area contributed by atoms with Gasteiger partial charge in [-0.25, -0.2) is 14.1 Å². The van der Waals surface area contributed by atoms with Crippen LogP contribution in [0.1, 0.15) is 5.69 Å². The lowest BCUT2D eigenvalue weighted by Crippen LogP contribution is -2.21. The van der Waals surface area contributed by atoms with Gasteiger partial charge in [0.2, 0.25) is 0 Å². The number of hydrogen-bond acceptors (Lipinski definition) is 3. The fourth-order valence-electron chi connectivity index (χ4n) is 2.60. The average Bonchev–Trinajstić information content (AvgIpc) is 3.06. The Morgan fingerprint density at radius 2 is 1.92 bits per heavy atom. The molecule has 0 fully saturated rings. The average molecular weight is 320 g/mol. The van der Waals surface area contributed by atoms with Crippen LogP contribution in [0, 0.1) is 5.82 Å². The molecule has 0 N–H and O–H groups in total. The molecule has 118 valence electrons. The molecule has 0 unspecified atom stereocenters. The maximum Gasteiger partial charge on any atom is 0.261 e. The standard InChI is InChI=1S/C18H13FN4O/c19-13-4-3-5-15(10-13)23-9-8-14(21-23)11-22-12-20-17-7-2-1-6-16(17)18(22)24/h1-10,12H,11H2. The summed E-state index contributed by atoms with van der Waals surface area (Å²) in [5, 5.41) is 4.97. The number of hydrogen-bond donors (Lipinski definition) is 0. The van der Waals surface area contributed by atoms with Gasteiger partial charge in [-0.2, -0.15) is 5.10 Å². The minimum Gasteiger partial charge on any atom is -0.293 e. The molecule has 4 aromatic rings. The lowest BCUT2D eigenvalue weighted by molar-refractivity contribution is 0.625. The van der Waals surface area contributed by atoms with Gasteiger partial charge in [0.15, 0.2) is 0 Å². The molecule has 0 spiro atoms. The third-order valence-electron chi connectivity index (χ3n) is 3.78. The molecule has 2 heterocycles. The zero-order chi connectivity index (χ0) is 16.5. The van der Waals surface area contributed by atoms with Crippen molar-refractivity contribution in [1.82, 2.24) is 19.3 Å². The summed E-state index contributed by atoms with van der Waals surface area (Å²) in [5.74, 6) is -0.320. The van der Waals surface area contributed by atoms with Crippen molar-refractivity contribution in [3.8, 4) is 5.69 Å². The van der Waals surface area contributed by atoms with Crippen LogP contribution >= 0.6 is 0 Å². The number of aromatic nitrogens is 4. The van der Waals surface area contributed by atoms with Crippen molar-refractivity contribution < 1.29 is 4.39 Å². The Labute approximate surface area is 136 Å². The molecule has 2 aromatic heterocycles. The van der Waals surface area contributed by atoms with Gasteiger partial charge in [-0.15, -0.1) is 0 Å². The Morgan fingerprint density at radius 3 is 2.79 bits per heavy atom. The third kappa shape index (κ3) is 2.58. The first-order valence-electron chi connectivity index (χ1n) is 7.45. The van der Waals surface area contributed by atoms with Gasteiger partial charge in [0.1, 0.15) is 5.82 Å². The van der Waals surface area contributed by atoms with E-state index in [1.807, 2.05) is 12.1 Å². The number of nitrogens with zero attached hydrogens (tertiary/aromatic N) is 4. The van der Waals surface area contributed by atoms with E-state index in [0.717, 1.165) is 0 Å². The van der Waals surface area contributed by atoms with Crippen LogP contribution in [0.15, 0.2) is 71.9 Å². The number of rotatable bonds is 3. The molecule has 0 bridgehead atoms. The molecule has 2 aromatic carbocycles. The monoisotopic (exact) mass is 320 g/mol. The van der Waals surface area contributed by atoms with Crippen LogP contribution in [0.4, 0.5) is 4.39 Å². The van der Waals surface area contributed by atoms with Gasteiger partial charge in [-0.3, -0.25) is 9.36 Å². The molecule has 0 atom stereocenters. The first kappa shape index (κ1) is 14.3. The molecule has 0 aliphatic rings. The van der Waals surface area contributed by atoms with E-state index < -0.39 is 0 Å². The van der Waals surface area contributed by atoms with E-state index in [-0.39, 0.29) is 11.4 Å². The van der Waals surface area contributed by atoms with Gasteiger partial charge in [-0.1, -0.05) is 18.2 Å². The fraction of sp³-hybridized carbons (Fsp3) is 0.0556. The van der Waals surface area contributed by atoms with Gasteiger partial charge < -0.3 is 0 Å². The summed E-state index contributed by atoms with van der Waals surface area (Å²) >= 11 is 0. The Hall–Kier alpha value is -3.28. The van der Waals surface area contributed by atoms with Crippen molar-refractivity contribution >= 4 is 10.9 Å². The minimum atomic E-state index is -0.320. The Morgan fingerprint density at radius 1 is 1.04 bits per heavy atom. The molecule has 0 amide bonds. The number of benzene rings is 2. The van der Waals surface area contributed by atoms with Crippen LogP contribution in [-0.2, 0) is 6.54 Å². The van der Waals surface area contributed by atoms with E-state index in [2.05, 4.69) is 10.1 Å². The number of halogens is 1. The van der Waals surface area contributed by atoms with E-state index in [0.29, 0.717) is 28.8 Å². The van der Waals surface area contributed by atoms with Crippen LogP contribution in [0.3, 0.4) is 0 Å². The highest BCUT2D eigenvalue weighted by atomic mass is 19.1. The highest BCUT2D eigenvalue weighted by molar-refractivity contribution is 5.76. The van der Waals surface area contributed by atoms with E-state index in [4.69, 9.17) is 0 Å². The molecular weight excluding hydrogens is 307 g/mol. The second kappa shape index (κ2) is 5.73. The second-order valence-electron chi connectivity index (χ2n) is 5.43. The lowest BCUT2D eigenvalue weighted by Gasteiger charge is -2.05. The Bertz CT molecular complexity index is 1080. The fourth-order valence-corrected chi connectivity index (χ4v) is 2.60. The van der Waals surface area contributed by atoms with Crippen molar-refractivity contribution in [3.63, 3.8) is 0 Å². The summed E-state index contributed by atoms with van der Waals surface area (Å²) in [5.41, 5.74) is 1.88. The van der Waals surface area contributed by atoms with E-state index in [1.54, 1.807) is 41.2 Å². The molecule has 5 nitrogen and oxygen atoms in total. The zero-order valence-corrected chi connectivity index (χ0v) is 12.6. The number of para-hydroxylation sites is 1. The van der Waals surface area contributed by atoms with Gasteiger partial charge in [-0.05, 0) is 36.4 Å². The molecule has 0 aliphatic heterocycles. The zero-order valence-electron chi connectivity index (χ0n) is 12.6. The Balaban J connectivity index is 1.67. The summed E-state index contributed by atoms with van der Waals surface area (Å²) in [4.78, 5) is 16.8. The SMILES string of the molecule is O=c1c2ccccc2ncn1Cc1ccn(-c2cccc(F)c2)n1. The highest BCUT2D eigenvalue weighted by Gasteiger charge is 2.07. The molecule has 24 heavy (non-hydrogen) atoms. The predicted octanol–water partition coefficient (Wildman–Crippen LogP) is 2.77.